The van der Waals surface area contributed by atoms with E-state index in [4.69, 9.17) is 15.6 Å². The largest absolute Gasteiger partial charge is 0.491 e. The van der Waals surface area contributed by atoms with Gasteiger partial charge in [0.2, 0.25) is 0 Å². The van der Waals surface area contributed by atoms with Gasteiger partial charge in [-0.2, -0.15) is 5.26 Å². The Morgan fingerprint density at radius 2 is 1.92 bits per heavy atom. The van der Waals surface area contributed by atoms with Gasteiger partial charge in [-0.1, -0.05) is 36.4 Å². The minimum absolute atomic E-state index is 0.0622. The molecule has 1 heterocycles. The van der Waals surface area contributed by atoms with Crippen LogP contribution >= 0.6 is 0 Å². The fourth-order valence-corrected chi connectivity index (χ4v) is 2.83. The lowest BCUT2D eigenvalue weighted by atomic mass is 9.97. The van der Waals surface area contributed by atoms with E-state index in [1.165, 1.54) is 0 Å². The molecule has 0 unspecified atom stereocenters. The Morgan fingerprint density at radius 1 is 1.12 bits per heavy atom. The van der Waals surface area contributed by atoms with Crippen LogP contribution in [0.1, 0.15) is 11.1 Å². The zero-order chi connectivity index (χ0) is 18.5. The van der Waals surface area contributed by atoms with E-state index < -0.39 is 0 Å². The Balaban J connectivity index is 2.15. The van der Waals surface area contributed by atoms with E-state index in [0.29, 0.717) is 16.9 Å². The molecule has 3 N–H and O–H groups in total. The second-order valence-electron chi connectivity index (χ2n) is 5.84. The normalized spacial score (nSPS) is 10.3. The van der Waals surface area contributed by atoms with Crippen molar-refractivity contribution >= 4 is 5.82 Å². The number of hydrogen-bond acceptors (Lipinski definition) is 5. The summed E-state index contributed by atoms with van der Waals surface area (Å²) in [6, 6.07) is 19.3. The third kappa shape index (κ3) is 3.51. The van der Waals surface area contributed by atoms with Gasteiger partial charge in [0.05, 0.1) is 12.3 Å². The van der Waals surface area contributed by atoms with E-state index in [1.54, 1.807) is 6.07 Å². The number of hydrogen-bond donors (Lipinski definition) is 2. The summed E-state index contributed by atoms with van der Waals surface area (Å²) in [5.41, 5.74) is 10.7. The monoisotopic (exact) mass is 345 g/mol. The van der Waals surface area contributed by atoms with Crippen LogP contribution in [0.25, 0.3) is 22.4 Å². The van der Waals surface area contributed by atoms with Crippen LogP contribution in [0.2, 0.25) is 0 Å². The average Bonchev–Trinajstić information content (AvgIpc) is 2.66. The highest BCUT2D eigenvalue weighted by atomic mass is 16.5. The first-order valence-electron chi connectivity index (χ1n) is 8.24. The van der Waals surface area contributed by atoms with E-state index in [2.05, 4.69) is 11.1 Å². The molecule has 2 aromatic carbocycles. The summed E-state index contributed by atoms with van der Waals surface area (Å²) in [4.78, 5) is 4.42. The van der Waals surface area contributed by atoms with Crippen LogP contribution in [0.15, 0.2) is 54.6 Å². The van der Waals surface area contributed by atoms with E-state index in [0.717, 1.165) is 22.4 Å². The quantitative estimate of drug-likeness (QED) is 0.738. The highest BCUT2D eigenvalue weighted by Gasteiger charge is 2.14. The van der Waals surface area contributed by atoms with Crippen molar-refractivity contribution in [1.29, 1.82) is 5.26 Å². The van der Waals surface area contributed by atoms with Crippen LogP contribution in [0.3, 0.4) is 0 Å². The molecule has 0 aliphatic carbocycles. The van der Waals surface area contributed by atoms with Gasteiger partial charge < -0.3 is 15.6 Å². The first-order chi connectivity index (χ1) is 12.6. The number of aryl methyl sites for hydroxylation is 1. The maximum atomic E-state index is 9.55. The Labute approximate surface area is 152 Å². The van der Waals surface area contributed by atoms with Gasteiger partial charge in [-0.25, -0.2) is 4.98 Å². The molecule has 0 spiro atoms. The first-order valence-corrected chi connectivity index (χ1v) is 8.24. The number of nitrogens with zero attached hydrogens (tertiary/aromatic N) is 2. The number of aromatic nitrogens is 1. The standard InChI is InChI=1S/C21H19N3O2/c1-14-5-2-3-8-17(14)20-12-18(19(13-22)21(23)24-20)15-6-4-7-16(11-15)26-10-9-25/h2-8,11-12,25H,9-10H2,1H3,(H2,23,24). The van der Waals surface area contributed by atoms with E-state index in [9.17, 15) is 5.26 Å². The third-order valence-corrected chi connectivity index (χ3v) is 4.09. The smallest absolute Gasteiger partial charge is 0.142 e. The van der Waals surface area contributed by atoms with Gasteiger partial charge in [-0.05, 0) is 36.2 Å². The molecule has 0 bridgehead atoms. The number of pyridine rings is 1. The van der Waals surface area contributed by atoms with Gasteiger partial charge in [0, 0.05) is 11.1 Å². The summed E-state index contributed by atoms with van der Waals surface area (Å²) in [7, 11) is 0. The summed E-state index contributed by atoms with van der Waals surface area (Å²) in [5.74, 6) is 0.818. The van der Waals surface area contributed by atoms with Crippen molar-refractivity contribution in [3.63, 3.8) is 0 Å². The Kier molecular flexibility index (Phi) is 5.16. The molecule has 5 heteroatoms. The van der Waals surface area contributed by atoms with Crippen LogP contribution < -0.4 is 10.5 Å². The molecule has 0 radical (unpaired) electrons. The minimum atomic E-state index is -0.0622. The first kappa shape index (κ1) is 17.5. The molecule has 3 aromatic rings. The van der Waals surface area contributed by atoms with Gasteiger partial charge in [0.25, 0.3) is 0 Å². The maximum absolute atomic E-state index is 9.55. The van der Waals surface area contributed by atoms with Crippen LogP contribution in [-0.4, -0.2) is 23.3 Å². The predicted molar refractivity (Wildman–Crippen MR) is 102 cm³/mol. The van der Waals surface area contributed by atoms with Crippen molar-refractivity contribution in [1.82, 2.24) is 4.98 Å². The van der Waals surface area contributed by atoms with Gasteiger partial charge in [0.15, 0.2) is 0 Å². The molecule has 0 atom stereocenters. The number of nitriles is 1. The molecular formula is C21H19N3O2. The molecule has 0 aliphatic rings. The van der Waals surface area contributed by atoms with E-state index >= 15 is 0 Å². The molecule has 0 amide bonds. The average molecular weight is 345 g/mol. The molecule has 0 fully saturated rings. The number of ether oxygens (including phenoxy) is 1. The van der Waals surface area contributed by atoms with Crippen molar-refractivity contribution in [2.24, 2.45) is 0 Å². The minimum Gasteiger partial charge on any atom is -0.491 e. The van der Waals surface area contributed by atoms with Crippen LogP contribution in [0.5, 0.6) is 5.75 Å². The molecule has 5 nitrogen and oxygen atoms in total. The lowest BCUT2D eigenvalue weighted by molar-refractivity contribution is 0.201. The number of aliphatic hydroxyl groups is 1. The summed E-state index contributed by atoms with van der Waals surface area (Å²) >= 11 is 0. The zero-order valence-electron chi connectivity index (χ0n) is 14.4. The van der Waals surface area contributed by atoms with Gasteiger partial charge in [-0.15, -0.1) is 0 Å². The maximum Gasteiger partial charge on any atom is 0.142 e. The molecule has 3 rings (SSSR count). The second-order valence-corrected chi connectivity index (χ2v) is 5.84. The molecular weight excluding hydrogens is 326 g/mol. The van der Waals surface area contributed by atoms with Crippen LogP contribution in [-0.2, 0) is 0 Å². The number of benzene rings is 2. The molecule has 0 saturated heterocycles. The third-order valence-electron chi connectivity index (χ3n) is 4.09. The van der Waals surface area contributed by atoms with Gasteiger partial charge in [0.1, 0.15) is 29.8 Å². The van der Waals surface area contributed by atoms with Crippen molar-refractivity contribution in [3.8, 4) is 34.2 Å². The van der Waals surface area contributed by atoms with Crippen LogP contribution in [0.4, 0.5) is 5.82 Å². The summed E-state index contributed by atoms with van der Waals surface area (Å²) in [6.45, 7) is 2.16. The van der Waals surface area contributed by atoms with Crippen molar-refractivity contribution in [2.45, 2.75) is 6.92 Å². The Bertz CT molecular complexity index is 977. The number of nitrogens with two attached hydrogens (primary N) is 1. The SMILES string of the molecule is Cc1ccccc1-c1cc(-c2cccc(OCCO)c2)c(C#N)c(N)n1. The van der Waals surface area contributed by atoms with Gasteiger partial charge in [-0.3, -0.25) is 0 Å². The van der Waals surface area contributed by atoms with Crippen molar-refractivity contribution < 1.29 is 9.84 Å². The van der Waals surface area contributed by atoms with Crippen LogP contribution in [0, 0.1) is 18.3 Å². The number of rotatable bonds is 5. The molecule has 26 heavy (non-hydrogen) atoms. The molecule has 1 aromatic heterocycles. The predicted octanol–water partition coefficient (Wildman–Crippen LogP) is 3.55. The lowest BCUT2D eigenvalue weighted by Crippen LogP contribution is -2.02. The number of aliphatic hydroxyl groups excluding tert-OH is 1. The van der Waals surface area contributed by atoms with E-state index in [1.807, 2.05) is 55.5 Å². The topological polar surface area (TPSA) is 92.2 Å². The summed E-state index contributed by atoms with van der Waals surface area (Å²) in [6.07, 6.45) is 0. The number of anilines is 1. The highest BCUT2D eigenvalue weighted by Crippen LogP contribution is 2.33. The van der Waals surface area contributed by atoms with Gasteiger partial charge >= 0.3 is 0 Å². The molecule has 130 valence electrons. The van der Waals surface area contributed by atoms with E-state index in [-0.39, 0.29) is 19.0 Å². The summed E-state index contributed by atoms with van der Waals surface area (Å²) < 4.78 is 5.48. The van der Waals surface area contributed by atoms with Crippen molar-refractivity contribution in [3.05, 3.63) is 65.7 Å². The Morgan fingerprint density at radius 3 is 2.65 bits per heavy atom. The fourth-order valence-electron chi connectivity index (χ4n) is 2.83. The summed E-state index contributed by atoms with van der Waals surface area (Å²) in [5, 5.41) is 18.5. The zero-order valence-corrected chi connectivity index (χ0v) is 14.4. The second kappa shape index (κ2) is 7.68. The molecule has 0 aliphatic heterocycles. The lowest BCUT2D eigenvalue weighted by Gasteiger charge is -2.13. The highest BCUT2D eigenvalue weighted by molar-refractivity contribution is 5.81. The fraction of sp³-hybridized carbons (Fsp3) is 0.143. The van der Waals surface area contributed by atoms with Crippen molar-refractivity contribution in [2.75, 3.05) is 18.9 Å². The number of nitrogen functional groups attached to an aromatic ring is 1. The Hall–Kier alpha value is -3.36. The molecule has 0 saturated carbocycles.